The summed E-state index contributed by atoms with van der Waals surface area (Å²) in [4.78, 5) is 22.0. The summed E-state index contributed by atoms with van der Waals surface area (Å²) < 4.78 is 5.19. The van der Waals surface area contributed by atoms with Gasteiger partial charge in [-0.25, -0.2) is 4.98 Å². The molecule has 1 aliphatic heterocycles. The Morgan fingerprint density at radius 2 is 2.08 bits per heavy atom. The summed E-state index contributed by atoms with van der Waals surface area (Å²) in [5.74, 6) is 0.394. The summed E-state index contributed by atoms with van der Waals surface area (Å²) >= 11 is 0. The third-order valence-corrected chi connectivity index (χ3v) is 4.82. The van der Waals surface area contributed by atoms with Crippen LogP contribution in [0, 0.1) is 0 Å². The van der Waals surface area contributed by atoms with E-state index >= 15 is 0 Å². The Balaban J connectivity index is 1.86. The maximum atomic E-state index is 11.8. The lowest BCUT2D eigenvalue weighted by Crippen LogP contribution is -2.35. The number of amides is 1. The van der Waals surface area contributed by atoms with Crippen LogP contribution in [0.3, 0.4) is 0 Å². The van der Waals surface area contributed by atoms with Gasteiger partial charge in [0.25, 0.3) is 0 Å². The van der Waals surface area contributed by atoms with E-state index in [2.05, 4.69) is 9.98 Å². The van der Waals surface area contributed by atoms with Gasteiger partial charge in [-0.1, -0.05) is 31.1 Å². The molecule has 3 rings (SSSR count). The monoisotopic (exact) mass is 355 g/mol. The highest BCUT2D eigenvalue weighted by Crippen LogP contribution is 2.31. The largest absolute Gasteiger partial charge is 0.384 e. The van der Waals surface area contributed by atoms with Crippen LogP contribution in [0.5, 0.6) is 0 Å². The van der Waals surface area contributed by atoms with Crippen molar-refractivity contribution in [1.82, 2.24) is 4.98 Å². The van der Waals surface area contributed by atoms with Gasteiger partial charge in [-0.15, -0.1) is 0 Å². The molecular formula is C19H25N5O2. The zero-order valence-electron chi connectivity index (χ0n) is 14.9. The Labute approximate surface area is 153 Å². The maximum Gasteiger partial charge on any atom is 0.214 e. The van der Waals surface area contributed by atoms with E-state index in [1.807, 2.05) is 18.2 Å². The Bertz CT molecular complexity index is 737. The van der Waals surface area contributed by atoms with Crippen molar-refractivity contribution < 1.29 is 9.53 Å². The van der Waals surface area contributed by atoms with Crippen LogP contribution in [0.4, 0.5) is 11.5 Å². The number of aromatic nitrogens is 1. The molecule has 0 saturated heterocycles. The Kier molecular flexibility index (Phi) is 5.80. The van der Waals surface area contributed by atoms with E-state index in [-0.39, 0.29) is 18.3 Å². The predicted molar refractivity (Wildman–Crippen MR) is 104 cm³/mol. The molecule has 1 amide bonds. The summed E-state index contributed by atoms with van der Waals surface area (Å²) in [5.41, 5.74) is 14.4. The molecule has 7 nitrogen and oxygen atoms in total. The molecule has 1 aromatic heterocycles. The highest BCUT2D eigenvalue weighted by Gasteiger charge is 2.24. The smallest absolute Gasteiger partial charge is 0.214 e. The van der Waals surface area contributed by atoms with E-state index in [0.29, 0.717) is 5.82 Å². The second-order valence-electron chi connectivity index (χ2n) is 6.60. The van der Waals surface area contributed by atoms with Gasteiger partial charge in [-0.2, -0.15) is 0 Å². The lowest BCUT2D eigenvalue weighted by Gasteiger charge is -2.26. The Morgan fingerprint density at radius 1 is 1.31 bits per heavy atom. The van der Waals surface area contributed by atoms with Crippen molar-refractivity contribution in [3.05, 3.63) is 35.6 Å². The first-order chi connectivity index (χ1) is 12.6. The number of nitrogens with zero attached hydrogens (tertiary/aromatic N) is 3. The van der Waals surface area contributed by atoms with E-state index < -0.39 is 0 Å². The Hall–Kier alpha value is -2.51. The minimum absolute atomic E-state index is 0.216. The van der Waals surface area contributed by atoms with Gasteiger partial charge in [-0.05, 0) is 18.4 Å². The van der Waals surface area contributed by atoms with Crippen LogP contribution in [0.1, 0.15) is 31.2 Å². The second-order valence-corrected chi connectivity index (χ2v) is 6.60. The number of dihydropyridines is 1. The number of nitrogens with two attached hydrogens (primary N) is 2. The molecule has 0 bridgehead atoms. The van der Waals surface area contributed by atoms with Crippen LogP contribution >= 0.6 is 0 Å². The number of rotatable bonds is 6. The number of carbonyl (C=O) groups excluding carboxylic acids is 1. The number of anilines is 2. The number of pyridine rings is 1. The lowest BCUT2D eigenvalue weighted by atomic mass is 10.1. The van der Waals surface area contributed by atoms with Gasteiger partial charge in [0.15, 0.2) is 6.23 Å². The fourth-order valence-electron chi connectivity index (χ4n) is 3.45. The van der Waals surface area contributed by atoms with E-state index in [1.165, 1.54) is 0 Å². The molecule has 7 heteroatoms. The van der Waals surface area contributed by atoms with Crippen LogP contribution in [-0.4, -0.2) is 43.0 Å². The summed E-state index contributed by atoms with van der Waals surface area (Å²) in [6.45, 7) is 0. The quantitative estimate of drug-likeness (QED) is 0.758. The highest BCUT2D eigenvalue weighted by atomic mass is 16.5. The Morgan fingerprint density at radius 3 is 2.73 bits per heavy atom. The number of carbonyl (C=O) groups is 1. The molecule has 4 N–H and O–H groups in total. The molecule has 1 aromatic rings. The lowest BCUT2D eigenvalue weighted by molar-refractivity contribution is -0.107. The van der Waals surface area contributed by atoms with Crippen LogP contribution in [0.2, 0.25) is 0 Å². The third-order valence-electron chi connectivity index (χ3n) is 4.82. The van der Waals surface area contributed by atoms with Crippen LogP contribution in [0.15, 0.2) is 35.0 Å². The number of ether oxygens (including phenoxy) is 1. The van der Waals surface area contributed by atoms with Crippen molar-refractivity contribution >= 4 is 30.2 Å². The van der Waals surface area contributed by atoms with Crippen molar-refractivity contribution in [2.75, 3.05) is 17.7 Å². The van der Waals surface area contributed by atoms with Gasteiger partial charge in [0, 0.05) is 37.2 Å². The van der Waals surface area contributed by atoms with E-state index in [9.17, 15) is 4.79 Å². The molecule has 1 aliphatic carbocycles. The van der Waals surface area contributed by atoms with Crippen LogP contribution in [-0.2, 0) is 9.53 Å². The van der Waals surface area contributed by atoms with E-state index in [0.717, 1.165) is 48.9 Å². The molecule has 138 valence electrons. The van der Waals surface area contributed by atoms with Gasteiger partial charge in [-0.3, -0.25) is 9.79 Å². The zero-order chi connectivity index (χ0) is 18.5. The number of methoxy groups -OCH3 is 1. The highest BCUT2D eigenvalue weighted by molar-refractivity contribution is 5.88. The molecule has 1 fully saturated rings. The summed E-state index contributed by atoms with van der Waals surface area (Å²) in [7, 11) is 1.58. The number of allylic oxidation sites excluding steroid dienone is 2. The number of aliphatic imine (C=N–C) groups is 1. The molecule has 2 unspecified atom stereocenters. The van der Waals surface area contributed by atoms with Crippen LogP contribution in [0.25, 0.3) is 6.08 Å². The van der Waals surface area contributed by atoms with Gasteiger partial charge in [0.1, 0.15) is 5.82 Å². The SMILES string of the molecule is COC1N=CC(/C=C/c2cnc(N)cc2N(C=O)C2CCCC2)=CC1N. The number of nitrogen functional groups attached to an aromatic ring is 1. The van der Waals surface area contributed by atoms with Crippen LogP contribution < -0.4 is 16.4 Å². The molecule has 0 radical (unpaired) electrons. The minimum atomic E-state index is -0.353. The van der Waals surface area contributed by atoms with Gasteiger partial charge >= 0.3 is 0 Å². The van der Waals surface area contributed by atoms with E-state index in [1.54, 1.807) is 30.5 Å². The fourth-order valence-corrected chi connectivity index (χ4v) is 3.45. The molecule has 2 aliphatic rings. The van der Waals surface area contributed by atoms with Gasteiger partial charge in [0.05, 0.1) is 11.7 Å². The van der Waals surface area contributed by atoms with Crippen molar-refractivity contribution in [2.45, 2.75) is 44.0 Å². The second kappa shape index (κ2) is 8.25. The average molecular weight is 355 g/mol. The molecule has 26 heavy (non-hydrogen) atoms. The molecular weight excluding hydrogens is 330 g/mol. The topological polar surface area (TPSA) is 107 Å². The molecule has 1 saturated carbocycles. The molecule has 0 aromatic carbocycles. The summed E-state index contributed by atoms with van der Waals surface area (Å²) in [5, 5.41) is 0. The summed E-state index contributed by atoms with van der Waals surface area (Å²) in [6, 6.07) is 1.68. The summed E-state index contributed by atoms with van der Waals surface area (Å²) in [6.07, 6.45) is 14.0. The number of hydrogen-bond donors (Lipinski definition) is 2. The van der Waals surface area contributed by atoms with Gasteiger partial charge < -0.3 is 21.1 Å². The first-order valence-electron chi connectivity index (χ1n) is 8.83. The fraction of sp³-hybridized carbons (Fsp3) is 0.421. The molecule has 2 heterocycles. The van der Waals surface area contributed by atoms with Gasteiger partial charge in [0.2, 0.25) is 6.41 Å². The van der Waals surface area contributed by atoms with Crippen molar-refractivity contribution in [1.29, 1.82) is 0 Å². The third kappa shape index (κ3) is 4.00. The molecule has 2 atom stereocenters. The normalized spacial score (nSPS) is 23.4. The van der Waals surface area contributed by atoms with Crippen molar-refractivity contribution in [3.63, 3.8) is 0 Å². The van der Waals surface area contributed by atoms with E-state index in [4.69, 9.17) is 16.2 Å². The predicted octanol–water partition coefficient (Wildman–Crippen LogP) is 1.89. The maximum absolute atomic E-state index is 11.8. The zero-order valence-corrected chi connectivity index (χ0v) is 14.9. The minimum Gasteiger partial charge on any atom is -0.384 e. The standard InChI is InChI=1S/C19H25N5O2/c1-26-19-16(20)8-13(10-23-19)6-7-14-11-22-18(21)9-17(14)24(12-25)15-4-2-3-5-15/h6-12,15-16,19H,2-5,20H2,1H3,(H2,21,22)/b7-6+. The first-order valence-corrected chi connectivity index (χ1v) is 8.83. The first kappa shape index (κ1) is 18.3. The van der Waals surface area contributed by atoms with Crippen molar-refractivity contribution in [2.24, 2.45) is 10.7 Å². The average Bonchev–Trinajstić information content (AvgIpc) is 3.16. The number of hydrogen-bond acceptors (Lipinski definition) is 6. The molecule has 0 spiro atoms. The van der Waals surface area contributed by atoms with Crippen molar-refractivity contribution in [3.8, 4) is 0 Å².